The molecule has 0 spiro atoms. The van der Waals surface area contributed by atoms with Crippen LogP contribution in [0, 0.1) is 0 Å². The van der Waals surface area contributed by atoms with Gasteiger partial charge in [-0.3, -0.25) is 4.79 Å². The molecule has 0 saturated carbocycles. The van der Waals surface area contributed by atoms with Gasteiger partial charge in [-0.15, -0.1) is 0 Å². The Balaban J connectivity index is 2.30. The molecule has 140 valence electrons. The van der Waals surface area contributed by atoms with E-state index in [1.807, 2.05) is 25.1 Å². The van der Waals surface area contributed by atoms with Crippen molar-refractivity contribution < 1.29 is 23.9 Å². The largest absolute Gasteiger partial charge is 0.463 e. The van der Waals surface area contributed by atoms with E-state index in [0.29, 0.717) is 6.42 Å². The summed E-state index contributed by atoms with van der Waals surface area (Å²) in [5, 5.41) is 5.29. The number of hydrogen-bond donors (Lipinski definition) is 2. The fourth-order valence-corrected chi connectivity index (χ4v) is 2.62. The molecule has 0 aromatic heterocycles. The molecule has 0 fully saturated rings. The Kier molecular flexibility index (Phi) is 7.20. The molecule has 7 heteroatoms. The molecular formula is C19H24N2O5. The van der Waals surface area contributed by atoms with Crippen molar-refractivity contribution >= 4 is 18.0 Å². The predicted molar refractivity (Wildman–Crippen MR) is 95.0 cm³/mol. The Hall–Kier alpha value is -2.83. The van der Waals surface area contributed by atoms with Gasteiger partial charge in [0, 0.05) is 6.42 Å². The molecule has 0 saturated heterocycles. The molecular weight excluding hydrogens is 336 g/mol. The van der Waals surface area contributed by atoms with Gasteiger partial charge < -0.3 is 20.1 Å². The summed E-state index contributed by atoms with van der Waals surface area (Å²) >= 11 is 0. The van der Waals surface area contributed by atoms with Crippen molar-refractivity contribution in [2.45, 2.75) is 39.2 Å². The Labute approximate surface area is 152 Å². The van der Waals surface area contributed by atoms with Crippen LogP contribution in [-0.2, 0) is 19.1 Å². The number of carbonyl (C=O) groups is 3. The number of nitrogens with one attached hydrogen (secondary N) is 2. The quantitative estimate of drug-likeness (QED) is 0.695. The van der Waals surface area contributed by atoms with Gasteiger partial charge in [-0.2, -0.15) is 0 Å². The summed E-state index contributed by atoms with van der Waals surface area (Å²) < 4.78 is 10.4. The van der Waals surface area contributed by atoms with Gasteiger partial charge in [0.2, 0.25) is 0 Å². The first kappa shape index (κ1) is 19.5. The molecule has 2 amide bonds. The van der Waals surface area contributed by atoms with Gasteiger partial charge in [0.15, 0.2) is 0 Å². The zero-order valence-electron chi connectivity index (χ0n) is 15.0. The lowest BCUT2D eigenvalue weighted by atomic mass is 9.95. The van der Waals surface area contributed by atoms with Gasteiger partial charge in [-0.25, -0.2) is 9.59 Å². The van der Waals surface area contributed by atoms with Crippen LogP contribution in [0.3, 0.4) is 0 Å². The van der Waals surface area contributed by atoms with E-state index in [0.717, 1.165) is 18.4 Å². The first-order valence-corrected chi connectivity index (χ1v) is 8.75. The number of amides is 2. The van der Waals surface area contributed by atoms with E-state index in [9.17, 15) is 14.4 Å². The smallest absolute Gasteiger partial charge is 0.338 e. The van der Waals surface area contributed by atoms with Crippen LogP contribution in [0.5, 0.6) is 0 Å². The van der Waals surface area contributed by atoms with Crippen LogP contribution in [0.1, 0.15) is 44.7 Å². The van der Waals surface area contributed by atoms with Crippen molar-refractivity contribution in [1.82, 2.24) is 10.6 Å². The number of ether oxygens (including phenoxy) is 2. The summed E-state index contributed by atoms with van der Waals surface area (Å²) in [6, 6.07) is 7.95. The second-order valence-corrected chi connectivity index (χ2v) is 5.82. The zero-order chi connectivity index (χ0) is 18.9. The maximum absolute atomic E-state index is 12.5. The standard InChI is InChI=1S/C19H24N2O5/c1-3-5-11-15(22)26-12-14-16(18(23)25-4-2)17(21-19(24)20-14)13-9-7-6-8-10-13/h6-10,17H,3-5,11-12H2,1-2H3,(H2,20,21,24)/t17-/m0/s1. The van der Waals surface area contributed by atoms with E-state index < -0.39 is 18.0 Å². The molecule has 1 aromatic carbocycles. The molecule has 1 heterocycles. The first-order valence-electron chi connectivity index (χ1n) is 8.75. The highest BCUT2D eigenvalue weighted by molar-refractivity contribution is 5.95. The number of carbonyl (C=O) groups excluding carboxylic acids is 3. The van der Waals surface area contributed by atoms with Crippen molar-refractivity contribution in [3.8, 4) is 0 Å². The molecule has 1 atom stereocenters. The van der Waals surface area contributed by atoms with Gasteiger partial charge in [0.1, 0.15) is 6.61 Å². The molecule has 2 rings (SSSR count). The fraction of sp³-hybridized carbons (Fsp3) is 0.421. The van der Waals surface area contributed by atoms with E-state index in [-0.39, 0.29) is 30.5 Å². The van der Waals surface area contributed by atoms with Crippen LogP contribution < -0.4 is 10.6 Å². The molecule has 0 unspecified atom stereocenters. The fourth-order valence-electron chi connectivity index (χ4n) is 2.62. The molecule has 26 heavy (non-hydrogen) atoms. The highest BCUT2D eigenvalue weighted by atomic mass is 16.5. The summed E-state index contributed by atoms with van der Waals surface area (Å²) in [4.78, 5) is 36.3. The summed E-state index contributed by atoms with van der Waals surface area (Å²) in [7, 11) is 0. The SMILES string of the molecule is CCCCC(=O)OCC1=C(C(=O)OCC)[C@H](c2ccccc2)NC(=O)N1. The first-order chi connectivity index (χ1) is 12.6. The minimum absolute atomic E-state index is 0.187. The van der Waals surface area contributed by atoms with Crippen molar-refractivity contribution in [3.05, 3.63) is 47.2 Å². The lowest BCUT2D eigenvalue weighted by Gasteiger charge is -2.29. The van der Waals surface area contributed by atoms with Crippen LogP contribution >= 0.6 is 0 Å². The van der Waals surface area contributed by atoms with E-state index in [2.05, 4.69) is 10.6 Å². The minimum atomic E-state index is -0.673. The number of esters is 2. The molecule has 0 radical (unpaired) electrons. The number of benzene rings is 1. The predicted octanol–water partition coefficient (Wildman–Crippen LogP) is 2.59. The van der Waals surface area contributed by atoms with Crippen molar-refractivity contribution in [1.29, 1.82) is 0 Å². The Morgan fingerprint density at radius 3 is 2.50 bits per heavy atom. The number of hydrogen-bond acceptors (Lipinski definition) is 5. The Bertz CT molecular complexity index is 684. The molecule has 0 aliphatic carbocycles. The van der Waals surface area contributed by atoms with Crippen LogP contribution in [-0.4, -0.2) is 31.2 Å². The van der Waals surface area contributed by atoms with Gasteiger partial charge in [0.25, 0.3) is 0 Å². The van der Waals surface area contributed by atoms with Gasteiger partial charge in [-0.1, -0.05) is 43.7 Å². The van der Waals surface area contributed by atoms with Crippen LogP contribution in [0.4, 0.5) is 4.79 Å². The van der Waals surface area contributed by atoms with Crippen molar-refractivity contribution in [3.63, 3.8) is 0 Å². The lowest BCUT2D eigenvalue weighted by Crippen LogP contribution is -2.47. The summed E-state index contributed by atoms with van der Waals surface area (Å²) in [6.45, 7) is 3.69. The average molecular weight is 360 g/mol. The third-order valence-electron chi connectivity index (χ3n) is 3.89. The number of unbranched alkanes of at least 4 members (excludes halogenated alkanes) is 1. The Morgan fingerprint density at radius 2 is 1.85 bits per heavy atom. The molecule has 1 aromatic rings. The van der Waals surface area contributed by atoms with Crippen LogP contribution in [0.25, 0.3) is 0 Å². The summed E-state index contributed by atoms with van der Waals surface area (Å²) in [6.07, 6.45) is 1.90. The maximum atomic E-state index is 12.5. The molecule has 0 bridgehead atoms. The topological polar surface area (TPSA) is 93.7 Å². The summed E-state index contributed by atoms with van der Waals surface area (Å²) in [5.41, 5.74) is 1.21. The van der Waals surface area contributed by atoms with Gasteiger partial charge >= 0.3 is 18.0 Å². The second kappa shape index (κ2) is 9.60. The van der Waals surface area contributed by atoms with Crippen LogP contribution in [0.15, 0.2) is 41.6 Å². The van der Waals surface area contributed by atoms with Crippen LogP contribution in [0.2, 0.25) is 0 Å². The third kappa shape index (κ3) is 5.08. The highest BCUT2D eigenvalue weighted by Crippen LogP contribution is 2.27. The monoisotopic (exact) mass is 360 g/mol. The Morgan fingerprint density at radius 1 is 1.12 bits per heavy atom. The molecule has 1 aliphatic heterocycles. The maximum Gasteiger partial charge on any atom is 0.338 e. The number of urea groups is 1. The van der Waals surface area contributed by atoms with E-state index in [1.165, 1.54) is 0 Å². The normalized spacial score (nSPS) is 16.5. The van der Waals surface area contributed by atoms with Gasteiger partial charge in [0.05, 0.1) is 23.9 Å². The van der Waals surface area contributed by atoms with Crippen molar-refractivity contribution in [2.75, 3.05) is 13.2 Å². The molecule has 2 N–H and O–H groups in total. The third-order valence-corrected chi connectivity index (χ3v) is 3.89. The lowest BCUT2D eigenvalue weighted by molar-refractivity contribution is -0.143. The van der Waals surface area contributed by atoms with E-state index in [4.69, 9.17) is 9.47 Å². The van der Waals surface area contributed by atoms with Crippen molar-refractivity contribution in [2.24, 2.45) is 0 Å². The molecule has 1 aliphatic rings. The minimum Gasteiger partial charge on any atom is -0.463 e. The molecule has 7 nitrogen and oxygen atoms in total. The number of rotatable bonds is 8. The average Bonchev–Trinajstić information content (AvgIpc) is 2.65. The zero-order valence-corrected chi connectivity index (χ0v) is 15.0. The van der Waals surface area contributed by atoms with E-state index in [1.54, 1.807) is 19.1 Å². The summed E-state index contributed by atoms with van der Waals surface area (Å²) in [5.74, 6) is -0.930. The van der Waals surface area contributed by atoms with Gasteiger partial charge in [-0.05, 0) is 18.9 Å². The van der Waals surface area contributed by atoms with E-state index >= 15 is 0 Å². The second-order valence-electron chi connectivity index (χ2n) is 5.82. The highest BCUT2D eigenvalue weighted by Gasteiger charge is 2.34.